The topological polar surface area (TPSA) is 70.9 Å². The first kappa shape index (κ1) is 18.3. The Hall–Kier alpha value is -2.52. The van der Waals surface area contributed by atoms with Crippen LogP contribution in [0.2, 0.25) is 0 Å². The Morgan fingerprint density at radius 3 is 2.62 bits per heavy atom. The monoisotopic (exact) mass is 380 g/mol. The van der Waals surface area contributed by atoms with Crippen LogP contribution in [0.1, 0.15) is 29.3 Å². The SMILES string of the molecule is Cc1cc(Nc2nccc(C(F)(F)F)n2)cc(-c2cnc(C(C)O)s2)c1. The van der Waals surface area contributed by atoms with Crippen molar-refractivity contribution in [2.75, 3.05) is 5.32 Å². The molecule has 0 fully saturated rings. The van der Waals surface area contributed by atoms with Gasteiger partial charge in [-0.15, -0.1) is 11.3 Å². The largest absolute Gasteiger partial charge is 0.433 e. The maximum Gasteiger partial charge on any atom is 0.433 e. The van der Waals surface area contributed by atoms with E-state index in [1.54, 1.807) is 25.3 Å². The lowest BCUT2D eigenvalue weighted by molar-refractivity contribution is -0.141. The van der Waals surface area contributed by atoms with E-state index in [9.17, 15) is 18.3 Å². The van der Waals surface area contributed by atoms with E-state index in [4.69, 9.17) is 0 Å². The average Bonchev–Trinajstić information content (AvgIpc) is 3.04. The normalized spacial score (nSPS) is 12.8. The quantitative estimate of drug-likeness (QED) is 0.685. The minimum Gasteiger partial charge on any atom is -0.386 e. The van der Waals surface area contributed by atoms with Gasteiger partial charge in [0.05, 0.1) is 4.88 Å². The van der Waals surface area contributed by atoms with Gasteiger partial charge in [-0.25, -0.2) is 15.0 Å². The summed E-state index contributed by atoms with van der Waals surface area (Å²) in [6, 6.07) is 6.30. The molecule has 0 aliphatic rings. The lowest BCUT2D eigenvalue weighted by Gasteiger charge is -2.10. The van der Waals surface area contributed by atoms with Gasteiger partial charge in [0.25, 0.3) is 0 Å². The Morgan fingerprint density at radius 2 is 1.96 bits per heavy atom. The number of hydrogen-bond donors (Lipinski definition) is 2. The molecule has 2 aromatic heterocycles. The summed E-state index contributed by atoms with van der Waals surface area (Å²) in [5, 5.41) is 13.0. The van der Waals surface area contributed by atoms with E-state index in [0.29, 0.717) is 10.7 Å². The highest BCUT2D eigenvalue weighted by molar-refractivity contribution is 7.15. The standard InChI is InChI=1S/C17H15F3N4OS/c1-9-5-11(13-8-22-15(26-13)10(2)25)7-12(6-9)23-16-21-4-3-14(24-16)17(18,19)20/h3-8,10,25H,1-2H3,(H,21,23,24). The second-order valence-corrected chi connectivity index (χ2v) is 6.78. The highest BCUT2D eigenvalue weighted by Gasteiger charge is 2.32. The minimum atomic E-state index is -4.53. The number of nitrogens with zero attached hydrogens (tertiary/aromatic N) is 3. The summed E-state index contributed by atoms with van der Waals surface area (Å²) in [6.07, 6.45) is -2.47. The van der Waals surface area contributed by atoms with Crippen molar-refractivity contribution in [3.05, 3.63) is 52.9 Å². The number of aryl methyl sites for hydroxylation is 1. The molecule has 9 heteroatoms. The summed E-state index contributed by atoms with van der Waals surface area (Å²) in [4.78, 5) is 12.4. The van der Waals surface area contributed by atoms with Crippen molar-refractivity contribution in [1.82, 2.24) is 15.0 Å². The average molecular weight is 380 g/mol. The van der Waals surface area contributed by atoms with Crippen LogP contribution in [0, 0.1) is 6.92 Å². The first-order valence-corrected chi connectivity index (χ1v) is 8.47. The molecule has 26 heavy (non-hydrogen) atoms. The number of hydrogen-bond acceptors (Lipinski definition) is 6. The zero-order valence-electron chi connectivity index (χ0n) is 13.9. The van der Waals surface area contributed by atoms with Crippen LogP contribution in [0.25, 0.3) is 10.4 Å². The summed E-state index contributed by atoms with van der Waals surface area (Å²) in [5.74, 6) is -0.134. The van der Waals surface area contributed by atoms with Crippen LogP contribution in [-0.4, -0.2) is 20.1 Å². The first-order valence-electron chi connectivity index (χ1n) is 7.65. The Balaban J connectivity index is 1.91. The number of nitrogens with one attached hydrogen (secondary N) is 1. The Morgan fingerprint density at radius 1 is 1.19 bits per heavy atom. The number of alkyl halides is 3. The highest BCUT2D eigenvalue weighted by atomic mass is 32.1. The van der Waals surface area contributed by atoms with Crippen LogP contribution in [0.3, 0.4) is 0 Å². The van der Waals surface area contributed by atoms with Gasteiger partial charge in [-0.3, -0.25) is 0 Å². The molecule has 2 N–H and O–H groups in total. The molecule has 3 aromatic rings. The molecule has 1 aromatic carbocycles. The first-order chi connectivity index (χ1) is 12.2. The fourth-order valence-corrected chi connectivity index (χ4v) is 3.16. The molecule has 0 saturated heterocycles. The minimum absolute atomic E-state index is 0.134. The van der Waals surface area contributed by atoms with Crippen LogP contribution in [-0.2, 0) is 6.18 Å². The molecule has 0 spiro atoms. The Bertz CT molecular complexity index is 924. The van der Waals surface area contributed by atoms with Crippen LogP contribution < -0.4 is 5.32 Å². The van der Waals surface area contributed by atoms with Crippen molar-refractivity contribution in [1.29, 1.82) is 0 Å². The van der Waals surface area contributed by atoms with E-state index in [2.05, 4.69) is 20.3 Å². The molecular formula is C17H15F3N4OS. The molecule has 1 unspecified atom stereocenters. The highest BCUT2D eigenvalue weighted by Crippen LogP contribution is 2.32. The van der Waals surface area contributed by atoms with Crippen LogP contribution >= 0.6 is 11.3 Å². The van der Waals surface area contributed by atoms with Gasteiger partial charge in [0.15, 0.2) is 0 Å². The molecule has 0 bridgehead atoms. The van der Waals surface area contributed by atoms with Gasteiger partial charge in [0.1, 0.15) is 16.8 Å². The fraction of sp³-hybridized carbons (Fsp3) is 0.235. The van der Waals surface area contributed by atoms with Crippen molar-refractivity contribution in [3.63, 3.8) is 0 Å². The summed E-state index contributed by atoms with van der Waals surface area (Å²) in [5.41, 5.74) is 1.30. The number of thiazole rings is 1. The van der Waals surface area contributed by atoms with Gasteiger partial charge < -0.3 is 10.4 Å². The van der Waals surface area contributed by atoms with E-state index in [1.165, 1.54) is 11.3 Å². The molecule has 5 nitrogen and oxygen atoms in total. The summed E-state index contributed by atoms with van der Waals surface area (Å²) >= 11 is 1.35. The third-order valence-electron chi connectivity index (χ3n) is 3.44. The van der Waals surface area contributed by atoms with Crippen molar-refractivity contribution in [3.8, 4) is 10.4 Å². The third-order valence-corrected chi connectivity index (χ3v) is 4.66. The number of aliphatic hydroxyl groups excluding tert-OH is 1. The summed E-state index contributed by atoms with van der Waals surface area (Å²) < 4.78 is 38.3. The smallest absolute Gasteiger partial charge is 0.386 e. The van der Waals surface area contributed by atoms with Crippen molar-refractivity contribution in [2.45, 2.75) is 26.1 Å². The number of benzene rings is 1. The molecule has 0 radical (unpaired) electrons. The van der Waals surface area contributed by atoms with Crippen molar-refractivity contribution in [2.24, 2.45) is 0 Å². The maximum absolute atomic E-state index is 12.8. The molecule has 0 aliphatic heterocycles. The van der Waals surface area contributed by atoms with Gasteiger partial charge >= 0.3 is 6.18 Å². The van der Waals surface area contributed by atoms with E-state index in [1.807, 2.05) is 13.0 Å². The molecule has 1 atom stereocenters. The second kappa shape index (κ2) is 7.00. The zero-order chi connectivity index (χ0) is 18.9. The van der Waals surface area contributed by atoms with Crippen molar-refractivity contribution >= 4 is 23.0 Å². The molecule has 0 amide bonds. The molecule has 0 aliphatic carbocycles. The molecule has 3 rings (SSSR count). The van der Waals surface area contributed by atoms with E-state index in [-0.39, 0.29) is 5.95 Å². The van der Waals surface area contributed by atoms with Gasteiger partial charge in [0.2, 0.25) is 5.95 Å². The van der Waals surface area contributed by atoms with E-state index < -0.39 is 18.0 Å². The van der Waals surface area contributed by atoms with Gasteiger partial charge in [-0.2, -0.15) is 13.2 Å². The van der Waals surface area contributed by atoms with E-state index >= 15 is 0 Å². The predicted octanol–water partition coefficient (Wildman–Crippen LogP) is 4.72. The number of halogens is 3. The number of aliphatic hydroxyl groups is 1. The van der Waals surface area contributed by atoms with Gasteiger partial charge in [0, 0.05) is 18.1 Å². The predicted molar refractivity (Wildman–Crippen MR) is 93.2 cm³/mol. The maximum atomic E-state index is 12.8. The van der Waals surface area contributed by atoms with Gasteiger partial charge in [-0.05, 0) is 43.2 Å². The fourth-order valence-electron chi connectivity index (χ4n) is 2.32. The van der Waals surface area contributed by atoms with Crippen molar-refractivity contribution < 1.29 is 18.3 Å². The lowest BCUT2D eigenvalue weighted by Crippen LogP contribution is -2.10. The third kappa shape index (κ3) is 4.17. The molecule has 136 valence electrons. The number of anilines is 2. The van der Waals surface area contributed by atoms with Crippen LogP contribution in [0.15, 0.2) is 36.7 Å². The van der Waals surface area contributed by atoms with E-state index in [0.717, 1.165) is 28.3 Å². The van der Waals surface area contributed by atoms with Gasteiger partial charge in [-0.1, -0.05) is 6.07 Å². The molecular weight excluding hydrogens is 365 g/mol. The Kier molecular flexibility index (Phi) is 4.92. The van der Waals surface area contributed by atoms with Crippen LogP contribution in [0.4, 0.5) is 24.8 Å². The number of aromatic nitrogens is 3. The summed E-state index contributed by atoms with van der Waals surface area (Å²) in [7, 11) is 0. The lowest BCUT2D eigenvalue weighted by atomic mass is 10.1. The number of rotatable bonds is 4. The van der Waals surface area contributed by atoms with Crippen LogP contribution in [0.5, 0.6) is 0 Å². The molecule has 2 heterocycles. The Labute approximate surface area is 151 Å². The molecule has 0 saturated carbocycles. The summed E-state index contributed by atoms with van der Waals surface area (Å²) in [6.45, 7) is 3.51. The zero-order valence-corrected chi connectivity index (χ0v) is 14.7. The second-order valence-electron chi connectivity index (χ2n) is 5.71.